The van der Waals surface area contributed by atoms with E-state index in [1.165, 1.54) is 6.39 Å². The van der Waals surface area contributed by atoms with Gasteiger partial charge in [0, 0.05) is 11.1 Å². The highest BCUT2D eigenvalue weighted by Gasteiger charge is 2.22. The molecule has 0 bridgehead atoms. The molecular weight excluding hydrogens is 340 g/mol. The van der Waals surface area contributed by atoms with Gasteiger partial charge in [0.15, 0.2) is 6.39 Å². The summed E-state index contributed by atoms with van der Waals surface area (Å²) >= 11 is 0. The monoisotopic (exact) mass is 360 g/mol. The summed E-state index contributed by atoms with van der Waals surface area (Å²) in [4.78, 5) is 16.6. The van der Waals surface area contributed by atoms with Gasteiger partial charge in [0.2, 0.25) is 0 Å². The van der Waals surface area contributed by atoms with Crippen molar-refractivity contribution < 1.29 is 13.9 Å². The highest BCUT2D eigenvalue weighted by atomic mass is 16.5. The number of rotatable bonds is 4. The van der Waals surface area contributed by atoms with Crippen LogP contribution in [0.5, 0.6) is 5.75 Å². The van der Waals surface area contributed by atoms with Crippen molar-refractivity contribution in [3.8, 4) is 17.0 Å². The van der Waals surface area contributed by atoms with E-state index >= 15 is 0 Å². The number of hydrogen-bond donors (Lipinski definition) is 1. The fraction of sp³-hybridized carbons (Fsp3) is 0.182. The van der Waals surface area contributed by atoms with Crippen LogP contribution in [0.15, 0.2) is 54.0 Å². The average Bonchev–Trinajstić information content (AvgIpc) is 3.16. The predicted octanol–water partition coefficient (Wildman–Crippen LogP) is 4.01. The number of hydrogen-bond acceptors (Lipinski definition) is 4. The zero-order chi connectivity index (χ0) is 18.8. The lowest BCUT2D eigenvalue weighted by Gasteiger charge is -2.16. The summed E-state index contributed by atoms with van der Waals surface area (Å²) < 4.78 is 10.9. The van der Waals surface area contributed by atoms with Crippen LogP contribution in [-0.2, 0) is 6.42 Å². The largest absolute Gasteiger partial charge is 0.490 e. The van der Waals surface area contributed by atoms with E-state index in [1.807, 2.05) is 25.1 Å². The zero-order valence-corrected chi connectivity index (χ0v) is 15.1. The highest BCUT2D eigenvalue weighted by molar-refractivity contribution is 5.99. The van der Waals surface area contributed by atoms with E-state index in [-0.39, 0.29) is 5.91 Å². The third kappa shape index (κ3) is 3.24. The van der Waals surface area contributed by atoms with Crippen LogP contribution in [0, 0.1) is 6.92 Å². The molecule has 27 heavy (non-hydrogen) atoms. The van der Waals surface area contributed by atoms with Gasteiger partial charge in [0.25, 0.3) is 5.91 Å². The van der Waals surface area contributed by atoms with Crippen LogP contribution >= 0.6 is 0 Å². The van der Waals surface area contributed by atoms with Gasteiger partial charge in [-0.15, -0.1) is 0 Å². The molecule has 5 nitrogen and oxygen atoms in total. The summed E-state index contributed by atoms with van der Waals surface area (Å²) in [6.07, 6.45) is 5.53. The van der Waals surface area contributed by atoms with Crippen molar-refractivity contribution in [1.82, 2.24) is 10.3 Å². The summed E-state index contributed by atoms with van der Waals surface area (Å²) in [6, 6.07) is 10.1. The molecule has 0 saturated heterocycles. The van der Waals surface area contributed by atoms with E-state index in [0.717, 1.165) is 33.5 Å². The molecule has 0 fully saturated rings. The first kappa shape index (κ1) is 17.1. The Balaban J connectivity index is 1.69. The van der Waals surface area contributed by atoms with Gasteiger partial charge in [-0.25, -0.2) is 4.98 Å². The van der Waals surface area contributed by atoms with Crippen LogP contribution in [0.4, 0.5) is 0 Å². The fourth-order valence-corrected chi connectivity index (χ4v) is 3.37. The van der Waals surface area contributed by atoms with Crippen molar-refractivity contribution in [2.24, 2.45) is 0 Å². The number of nitrogens with zero attached hydrogens (tertiary/aromatic N) is 1. The number of oxazole rings is 1. The lowest BCUT2D eigenvalue weighted by atomic mass is 9.92. The molecule has 136 valence electrons. The van der Waals surface area contributed by atoms with Crippen molar-refractivity contribution in [2.75, 3.05) is 13.2 Å². The topological polar surface area (TPSA) is 64.4 Å². The minimum atomic E-state index is -0.103. The Morgan fingerprint density at radius 1 is 1.30 bits per heavy atom. The first-order valence-electron chi connectivity index (χ1n) is 8.85. The van der Waals surface area contributed by atoms with E-state index in [9.17, 15) is 4.79 Å². The second-order valence-electron chi connectivity index (χ2n) is 6.51. The maximum Gasteiger partial charge on any atom is 0.255 e. The molecule has 1 aliphatic rings. The summed E-state index contributed by atoms with van der Waals surface area (Å²) in [5.74, 6) is 0.524. The van der Waals surface area contributed by atoms with Crippen LogP contribution in [0.1, 0.15) is 32.6 Å². The third-order valence-electron chi connectivity index (χ3n) is 4.85. The van der Waals surface area contributed by atoms with Crippen molar-refractivity contribution in [3.05, 3.63) is 77.4 Å². The second-order valence-corrected chi connectivity index (χ2v) is 6.51. The molecular formula is C22H20N2O3. The maximum atomic E-state index is 12.4. The smallest absolute Gasteiger partial charge is 0.255 e. The molecule has 3 aromatic rings. The molecule has 0 atom stereocenters. The Kier molecular flexibility index (Phi) is 4.50. The lowest BCUT2D eigenvalue weighted by Crippen LogP contribution is -2.24. The number of carbonyl (C=O) groups excluding carboxylic acids is 1. The predicted molar refractivity (Wildman–Crippen MR) is 104 cm³/mol. The molecule has 5 heteroatoms. The minimum absolute atomic E-state index is 0.103. The maximum absolute atomic E-state index is 12.4. The molecule has 0 unspecified atom stereocenters. The highest BCUT2D eigenvalue weighted by Crippen LogP contribution is 2.33. The number of carbonyl (C=O) groups is 1. The summed E-state index contributed by atoms with van der Waals surface area (Å²) in [5, 5.41) is 2.87. The molecule has 0 radical (unpaired) electrons. The molecule has 0 spiro atoms. The molecule has 2 heterocycles. The number of fused-ring (bicyclic) bond motifs is 1. The third-order valence-corrected chi connectivity index (χ3v) is 4.85. The first-order valence-corrected chi connectivity index (χ1v) is 8.85. The molecule has 0 saturated carbocycles. The van der Waals surface area contributed by atoms with E-state index in [4.69, 9.17) is 9.15 Å². The van der Waals surface area contributed by atoms with Crippen LogP contribution in [0.2, 0.25) is 0 Å². The van der Waals surface area contributed by atoms with Gasteiger partial charge < -0.3 is 14.5 Å². The van der Waals surface area contributed by atoms with Crippen LogP contribution < -0.4 is 10.1 Å². The molecule has 1 N–H and O–H groups in total. The van der Waals surface area contributed by atoms with E-state index in [1.54, 1.807) is 12.3 Å². The Hall–Kier alpha value is -3.34. The lowest BCUT2D eigenvalue weighted by molar-refractivity contribution is 0.0957. The van der Waals surface area contributed by atoms with Crippen molar-refractivity contribution >= 4 is 12.0 Å². The fourth-order valence-electron chi connectivity index (χ4n) is 3.37. The SMILES string of the molecule is C=Cc1c(C)c(Cc2ccc(-c3cocn3)cc2)cc2c1OCCNC2=O. The first-order chi connectivity index (χ1) is 13.2. The van der Waals surface area contributed by atoms with Crippen LogP contribution in [0.3, 0.4) is 0 Å². The standard InChI is InChI=1S/C22H20N2O3/c1-3-18-14(2)17(11-19-21(18)27-9-8-23-22(19)25)10-15-4-6-16(7-5-15)20-12-26-13-24-20/h3-7,11-13H,1,8-10H2,2H3,(H,23,25). The summed E-state index contributed by atoms with van der Waals surface area (Å²) in [5.41, 5.74) is 6.59. The van der Waals surface area contributed by atoms with Crippen molar-refractivity contribution in [2.45, 2.75) is 13.3 Å². The second kappa shape index (κ2) is 7.11. The van der Waals surface area contributed by atoms with Gasteiger partial charge in [-0.3, -0.25) is 4.79 Å². The Labute approximate surface area is 157 Å². The number of amides is 1. The molecule has 1 aromatic heterocycles. The van der Waals surface area contributed by atoms with Gasteiger partial charge >= 0.3 is 0 Å². The quantitative estimate of drug-likeness (QED) is 0.764. The van der Waals surface area contributed by atoms with E-state index < -0.39 is 0 Å². The minimum Gasteiger partial charge on any atom is -0.490 e. The normalized spacial score (nSPS) is 13.3. The van der Waals surface area contributed by atoms with E-state index in [0.29, 0.717) is 30.9 Å². The Morgan fingerprint density at radius 2 is 2.11 bits per heavy atom. The molecule has 4 rings (SSSR count). The Morgan fingerprint density at radius 3 is 2.81 bits per heavy atom. The average molecular weight is 360 g/mol. The van der Waals surface area contributed by atoms with Gasteiger partial charge in [0.05, 0.1) is 12.1 Å². The Bertz CT molecular complexity index is 989. The summed E-state index contributed by atoms with van der Waals surface area (Å²) in [6.45, 7) is 6.92. The molecule has 2 aromatic carbocycles. The number of aromatic nitrogens is 1. The zero-order valence-electron chi connectivity index (χ0n) is 15.1. The number of benzene rings is 2. The molecule has 1 amide bonds. The van der Waals surface area contributed by atoms with Gasteiger partial charge in [-0.2, -0.15) is 0 Å². The van der Waals surface area contributed by atoms with Crippen LogP contribution in [-0.4, -0.2) is 24.0 Å². The van der Waals surface area contributed by atoms with Crippen LogP contribution in [0.25, 0.3) is 17.3 Å². The van der Waals surface area contributed by atoms with Gasteiger partial charge in [0.1, 0.15) is 24.3 Å². The van der Waals surface area contributed by atoms with E-state index in [2.05, 4.69) is 29.0 Å². The van der Waals surface area contributed by atoms with Crippen molar-refractivity contribution in [1.29, 1.82) is 0 Å². The number of nitrogens with one attached hydrogen (secondary N) is 1. The molecule has 0 aliphatic carbocycles. The summed E-state index contributed by atoms with van der Waals surface area (Å²) in [7, 11) is 0. The number of ether oxygens (including phenoxy) is 1. The molecule has 1 aliphatic heterocycles. The van der Waals surface area contributed by atoms with Crippen molar-refractivity contribution in [3.63, 3.8) is 0 Å². The van der Waals surface area contributed by atoms with Gasteiger partial charge in [-0.05, 0) is 36.1 Å². The van der Waals surface area contributed by atoms with Gasteiger partial charge in [-0.1, -0.05) is 36.9 Å².